The Morgan fingerprint density at radius 3 is 2.56 bits per heavy atom. The smallest absolute Gasteiger partial charge is 0.329 e. The largest absolute Gasteiger partial charge is 0.350 e. The van der Waals surface area contributed by atoms with Crippen molar-refractivity contribution in [3.63, 3.8) is 0 Å². The van der Waals surface area contributed by atoms with E-state index in [1.54, 1.807) is 9.13 Å². The molecule has 1 saturated heterocycles. The molecule has 1 aromatic carbocycles. The number of aryl methyl sites for hydroxylation is 1. The monoisotopic (exact) mass is 342 g/mol. The van der Waals surface area contributed by atoms with E-state index in [-0.39, 0.29) is 24.2 Å². The minimum Gasteiger partial charge on any atom is -0.350 e. The van der Waals surface area contributed by atoms with Gasteiger partial charge < -0.3 is 10.2 Å². The molecule has 0 bridgehead atoms. The van der Waals surface area contributed by atoms with E-state index in [2.05, 4.69) is 10.2 Å². The number of imidazole rings is 1. The molecule has 2 heterocycles. The lowest BCUT2D eigenvalue weighted by Gasteiger charge is -2.16. The van der Waals surface area contributed by atoms with Crippen LogP contribution in [0.4, 0.5) is 0 Å². The molecular formula is C19H26N4O2. The highest BCUT2D eigenvalue weighted by atomic mass is 16.2. The van der Waals surface area contributed by atoms with E-state index >= 15 is 0 Å². The number of carbonyl (C=O) groups is 1. The summed E-state index contributed by atoms with van der Waals surface area (Å²) in [6, 6.07) is 7.88. The lowest BCUT2D eigenvalue weighted by Crippen LogP contribution is -2.40. The van der Waals surface area contributed by atoms with E-state index in [9.17, 15) is 9.59 Å². The molecule has 1 saturated carbocycles. The number of hydrogen-bond acceptors (Lipinski definition) is 3. The number of para-hydroxylation sites is 2. The number of rotatable bonds is 6. The number of carbonyl (C=O) groups excluding carboxylic acids is 1. The van der Waals surface area contributed by atoms with Gasteiger partial charge in [-0.1, -0.05) is 12.1 Å². The molecule has 6 heteroatoms. The van der Waals surface area contributed by atoms with Crippen LogP contribution in [0.5, 0.6) is 0 Å². The molecule has 134 valence electrons. The van der Waals surface area contributed by atoms with Crippen molar-refractivity contribution in [3.05, 3.63) is 34.7 Å². The second-order valence-electron chi connectivity index (χ2n) is 7.36. The van der Waals surface area contributed by atoms with E-state index < -0.39 is 0 Å². The van der Waals surface area contributed by atoms with Gasteiger partial charge in [-0.25, -0.2) is 4.79 Å². The zero-order valence-electron chi connectivity index (χ0n) is 14.8. The molecule has 1 atom stereocenters. The summed E-state index contributed by atoms with van der Waals surface area (Å²) in [6.45, 7) is 5.82. The topological polar surface area (TPSA) is 59.3 Å². The second-order valence-corrected chi connectivity index (χ2v) is 7.36. The van der Waals surface area contributed by atoms with Crippen LogP contribution in [0.1, 0.15) is 26.2 Å². The fourth-order valence-electron chi connectivity index (χ4n) is 3.93. The molecule has 6 nitrogen and oxygen atoms in total. The van der Waals surface area contributed by atoms with Crippen LogP contribution in [-0.4, -0.2) is 45.6 Å². The molecule has 1 amide bonds. The van der Waals surface area contributed by atoms with Crippen LogP contribution in [0, 0.1) is 5.92 Å². The van der Waals surface area contributed by atoms with Gasteiger partial charge in [0, 0.05) is 32.2 Å². The maximum absolute atomic E-state index is 12.6. The second kappa shape index (κ2) is 6.67. The van der Waals surface area contributed by atoms with Gasteiger partial charge in [-0.15, -0.1) is 0 Å². The van der Waals surface area contributed by atoms with Crippen LogP contribution < -0.4 is 11.0 Å². The Balaban J connectivity index is 1.43. The lowest BCUT2D eigenvalue weighted by atomic mass is 10.2. The average Bonchev–Trinajstić information content (AvgIpc) is 3.25. The van der Waals surface area contributed by atoms with E-state index in [4.69, 9.17) is 0 Å². The van der Waals surface area contributed by atoms with Crippen molar-refractivity contribution in [2.75, 3.05) is 19.6 Å². The minimum absolute atomic E-state index is 0.0700. The van der Waals surface area contributed by atoms with Gasteiger partial charge in [-0.2, -0.15) is 0 Å². The Hall–Kier alpha value is -2.08. The predicted molar refractivity (Wildman–Crippen MR) is 97.6 cm³/mol. The van der Waals surface area contributed by atoms with Crippen molar-refractivity contribution in [3.8, 4) is 0 Å². The predicted octanol–water partition coefficient (Wildman–Crippen LogP) is 1.42. The van der Waals surface area contributed by atoms with Crippen molar-refractivity contribution in [1.82, 2.24) is 19.4 Å². The van der Waals surface area contributed by atoms with Gasteiger partial charge in [0.15, 0.2) is 0 Å². The quantitative estimate of drug-likeness (QED) is 0.864. The Kier molecular flexibility index (Phi) is 4.37. The molecule has 2 aliphatic rings. The molecule has 1 aromatic heterocycles. The number of likely N-dealkylation sites (tertiary alicyclic amines) is 1. The summed E-state index contributed by atoms with van der Waals surface area (Å²) in [5, 5.41) is 3.12. The Labute approximate surface area is 147 Å². The maximum atomic E-state index is 12.6. The van der Waals surface area contributed by atoms with Gasteiger partial charge in [0.1, 0.15) is 6.54 Å². The highest BCUT2D eigenvalue weighted by Crippen LogP contribution is 2.30. The first kappa shape index (κ1) is 16.4. The fraction of sp³-hybridized carbons (Fsp3) is 0.579. The minimum atomic E-state index is -0.111. The van der Waals surface area contributed by atoms with Crippen LogP contribution in [0.2, 0.25) is 0 Å². The van der Waals surface area contributed by atoms with Crippen LogP contribution in [0.25, 0.3) is 11.0 Å². The third-order valence-corrected chi connectivity index (χ3v) is 5.39. The lowest BCUT2D eigenvalue weighted by molar-refractivity contribution is -0.122. The molecular weight excluding hydrogens is 316 g/mol. The van der Waals surface area contributed by atoms with Crippen LogP contribution >= 0.6 is 0 Å². The van der Waals surface area contributed by atoms with Gasteiger partial charge >= 0.3 is 5.69 Å². The van der Waals surface area contributed by atoms with Crippen LogP contribution in [-0.2, 0) is 17.9 Å². The van der Waals surface area contributed by atoms with E-state index in [1.165, 1.54) is 19.4 Å². The number of amides is 1. The molecule has 0 spiro atoms. The number of hydrogen-bond donors (Lipinski definition) is 1. The Morgan fingerprint density at radius 1 is 1.16 bits per heavy atom. The molecule has 1 aliphatic carbocycles. The number of benzene rings is 1. The third-order valence-electron chi connectivity index (χ3n) is 5.39. The van der Waals surface area contributed by atoms with Gasteiger partial charge in [0.2, 0.25) is 5.91 Å². The van der Waals surface area contributed by atoms with Gasteiger partial charge in [0.05, 0.1) is 11.0 Å². The average molecular weight is 342 g/mol. The number of fused-ring (bicyclic) bond motifs is 1. The molecule has 1 N–H and O–H groups in total. The summed E-state index contributed by atoms with van der Waals surface area (Å²) in [7, 11) is 0. The molecule has 2 fully saturated rings. The van der Waals surface area contributed by atoms with Crippen molar-refractivity contribution in [1.29, 1.82) is 0 Å². The van der Waals surface area contributed by atoms with Crippen molar-refractivity contribution < 1.29 is 4.79 Å². The normalized spacial score (nSPS) is 21.1. The highest BCUT2D eigenvalue weighted by Gasteiger charge is 2.29. The molecule has 2 aromatic rings. The summed E-state index contributed by atoms with van der Waals surface area (Å²) >= 11 is 0. The Bertz CT molecular complexity index is 834. The van der Waals surface area contributed by atoms with Gasteiger partial charge in [-0.3, -0.25) is 13.9 Å². The first-order chi connectivity index (χ1) is 12.2. The highest BCUT2D eigenvalue weighted by molar-refractivity contribution is 5.81. The van der Waals surface area contributed by atoms with E-state index in [1.807, 2.05) is 31.2 Å². The fourth-order valence-corrected chi connectivity index (χ4v) is 3.93. The van der Waals surface area contributed by atoms with Crippen molar-refractivity contribution in [2.45, 2.75) is 45.3 Å². The molecule has 4 rings (SSSR count). The summed E-state index contributed by atoms with van der Waals surface area (Å²) in [5.74, 6) is 0.813. The number of aromatic nitrogens is 2. The van der Waals surface area contributed by atoms with Crippen molar-refractivity contribution >= 4 is 16.9 Å². The molecule has 0 unspecified atom stereocenters. The van der Waals surface area contributed by atoms with Gasteiger partial charge in [0.25, 0.3) is 0 Å². The summed E-state index contributed by atoms with van der Waals surface area (Å²) < 4.78 is 3.31. The third kappa shape index (κ3) is 3.35. The van der Waals surface area contributed by atoms with Crippen molar-refractivity contribution in [2.24, 2.45) is 5.92 Å². The SMILES string of the molecule is CCn1c(=O)n(CC(=O)N[C@H]2CCN(CC3CC3)C2)c2ccccc21. The summed E-state index contributed by atoms with van der Waals surface area (Å²) in [5.41, 5.74) is 1.60. The maximum Gasteiger partial charge on any atom is 0.329 e. The molecule has 25 heavy (non-hydrogen) atoms. The van der Waals surface area contributed by atoms with Crippen LogP contribution in [0.15, 0.2) is 29.1 Å². The first-order valence-corrected chi connectivity index (χ1v) is 9.35. The van der Waals surface area contributed by atoms with Crippen LogP contribution in [0.3, 0.4) is 0 Å². The van der Waals surface area contributed by atoms with Gasteiger partial charge in [-0.05, 0) is 44.2 Å². The zero-order chi connectivity index (χ0) is 17.4. The summed E-state index contributed by atoms with van der Waals surface area (Å²) in [4.78, 5) is 27.6. The number of nitrogens with one attached hydrogen (secondary N) is 1. The zero-order valence-corrected chi connectivity index (χ0v) is 14.8. The number of nitrogens with zero attached hydrogens (tertiary/aromatic N) is 3. The molecule has 1 aliphatic heterocycles. The first-order valence-electron chi connectivity index (χ1n) is 9.35. The standard InChI is InChI=1S/C19H26N4O2/c1-2-22-16-5-3-4-6-17(16)23(19(22)25)13-18(24)20-15-9-10-21(12-15)11-14-7-8-14/h3-6,14-15H,2,7-13H2,1H3,(H,20,24)/t15-/m0/s1. The van der Waals surface area contributed by atoms with E-state index in [0.717, 1.165) is 36.5 Å². The van der Waals surface area contributed by atoms with E-state index in [0.29, 0.717) is 6.54 Å². The molecule has 0 radical (unpaired) electrons. The summed E-state index contributed by atoms with van der Waals surface area (Å²) in [6.07, 6.45) is 3.72. The Morgan fingerprint density at radius 2 is 1.88 bits per heavy atom.